The molecule has 158 valence electrons. The molecule has 0 unspecified atom stereocenters. The molecule has 4 aromatic rings. The molecule has 0 aliphatic carbocycles. The number of benzene rings is 3. The van der Waals surface area contributed by atoms with Gasteiger partial charge in [0.1, 0.15) is 5.82 Å². The number of carbonyl (C=O) groups is 1. The van der Waals surface area contributed by atoms with Crippen LogP contribution in [0.1, 0.15) is 5.56 Å². The number of rotatable bonds is 7. The maximum atomic E-state index is 12.5. The minimum absolute atomic E-state index is 0.159. The number of H-pyrrole nitrogens is 1. The molecular weight excluding hydrogens is 412 g/mol. The van der Waals surface area contributed by atoms with E-state index in [9.17, 15) is 13.2 Å². The van der Waals surface area contributed by atoms with Crippen LogP contribution in [-0.2, 0) is 21.4 Å². The molecule has 0 aliphatic rings. The van der Waals surface area contributed by atoms with Gasteiger partial charge in [-0.25, -0.2) is 13.4 Å². The second-order valence-electron chi connectivity index (χ2n) is 7.15. The third-order valence-electron chi connectivity index (χ3n) is 4.92. The molecule has 0 aliphatic heterocycles. The summed E-state index contributed by atoms with van der Waals surface area (Å²) in [5.41, 5.74) is 3.73. The van der Waals surface area contributed by atoms with Crippen molar-refractivity contribution in [2.75, 3.05) is 13.6 Å². The van der Waals surface area contributed by atoms with Gasteiger partial charge >= 0.3 is 0 Å². The fraction of sp³-hybridized carbons (Fsp3) is 0.130. The number of fused-ring (bicyclic) bond motifs is 1. The summed E-state index contributed by atoms with van der Waals surface area (Å²) in [6.45, 7) is 0.0484. The Bertz CT molecular complexity index is 1270. The molecule has 0 spiro atoms. The molecule has 1 heterocycles. The van der Waals surface area contributed by atoms with Crippen LogP contribution in [0.15, 0.2) is 83.8 Å². The lowest BCUT2D eigenvalue weighted by Crippen LogP contribution is -2.38. The van der Waals surface area contributed by atoms with Crippen LogP contribution in [0, 0.1) is 0 Å². The quantitative estimate of drug-likeness (QED) is 0.467. The molecule has 1 amide bonds. The van der Waals surface area contributed by atoms with Gasteiger partial charge in [-0.1, -0.05) is 54.6 Å². The molecule has 8 heteroatoms. The van der Waals surface area contributed by atoms with Crippen LogP contribution in [0.25, 0.3) is 22.4 Å². The van der Waals surface area contributed by atoms with E-state index in [0.717, 1.165) is 32.3 Å². The highest BCUT2D eigenvalue weighted by molar-refractivity contribution is 7.89. The second-order valence-corrected chi connectivity index (χ2v) is 9.20. The first-order chi connectivity index (χ1) is 14.9. The topological polar surface area (TPSA) is 95.2 Å². The molecule has 1 aromatic heterocycles. The molecule has 0 bridgehead atoms. The van der Waals surface area contributed by atoms with Crippen LogP contribution in [0.3, 0.4) is 0 Å². The normalized spacial score (nSPS) is 11.7. The Kier molecular flexibility index (Phi) is 5.83. The SMILES string of the molecule is CN(CC(=O)NCc1ccc(-c2nc3ccccc3[nH]2)cc1)S(=O)(=O)c1ccccc1. The maximum Gasteiger partial charge on any atom is 0.243 e. The van der Waals surface area contributed by atoms with Gasteiger partial charge in [-0.3, -0.25) is 4.79 Å². The summed E-state index contributed by atoms with van der Waals surface area (Å²) in [7, 11) is -2.31. The Morgan fingerprint density at radius 2 is 1.65 bits per heavy atom. The summed E-state index contributed by atoms with van der Waals surface area (Å²) in [6.07, 6.45) is 0. The van der Waals surface area contributed by atoms with Crippen LogP contribution < -0.4 is 5.32 Å². The third kappa shape index (κ3) is 4.65. The molecule has 0 radical (unpaired) electrons. The van der Waals surface area contributed by atoms with Gasteiger partial charge in [-0.15, -0.1) is 0 Å². The fourth-order valence-corrected chi connectivity index (χ4v) is 4.33. The van der Waals surface area contributed by atoms with Gasteiger partial charge in [0.2, 0.25) is 15.9 Å². The molecule has 0 fully saturated rings. The van der Waals surface area contributed by atoms with Gasteiger partial charge in [-0.05, 0) is 29.8 Å². The highest BCUT2D eigenvalue weighted by atomic mass is 32.2. The van der Waals surface area contributed by atoms with E-state index >= 15 is 0 Å². The maximum absolute atomic E-state index is 12.5. The Morgan fingerprint density at radius 3 is 2.35 bits per heavy atom. The van der Waals surface area contributed by atoms with Crippen LogP contribution in [0.4, 0.5) is 0 Å². The van der Waals surface area contributed by atoms with E-state index < -0.39 is 10.0 Å². The number of hydrogen-bond acceptors (Lipinski definition) is 4. The number of hydrogen-bond donors (Lipinski definition) is 2. The average Bonchev–Trinajstić information content (AvgIpc) is 3.23. The monoisotopic (exact) mass is 434 g/mol. The minimum atomic E-state index is -3.70. The van der Waals surface area contributed by atoms with Crippen molar-refractivity contribution in [2.24, 2.45) is 0 Å². The number of para-hydroxylation sites is 2. The summed E-state index contributed by atoms with van der Waals surface area (Å²) in [4.78, 5) is 20.3. The number of carbonyl (C=O) groups excluding carboxylic acids is 1. The summed E-state index contributed by atoms with van der Waals surface area (Å²) in [6, 6.07) is 23.6. The minimum Gasteiger partial charge on any atom is -0.351 e. The first-order valence-corrected chi connectivity index (χ1v) is 11.2. The highest BCUT2D eigenvalue weighted by Gasteiger charge is 2.22. The molecule has 0 saturated heterocycles. The van der Waals surface area contributed by atoms with E-state index in [1.165, 1.54) is 19.2 Å². The van der Waals surface area contributed by atoms with Gasteiger partial charge in [0.25, 0.3) is 0 Å². The van der Waals surface area contributed by atoms with E-state index in [1.807, 2.05) is 48.5 Å². The van der Waals surface area contributed by atoms with E-state index in [2.05, 4.69) is 15.3 Å². The van der Waals surface area contributed by atoms with Crippen molar-refractivity contribution < 1.29 is 13.2 Å². The zero-order chi connectivity index (χ0) is 21.8. The number of amides is 1. The zero-order valence-electron chi connectivity index (χ0n) is 16.9. The van der Waals surface area contributed by atoms with E-state index in [0.29, 0.717) is 6.54 Å². The van der Waals surface area contributed by atoms with Gasteiger partial charge < -0.3 is 10.3 Å². The smallest absolute Gasteiger partial charge is 0.243 e. The zero-order valence-corrected chi connectivity index (χ0v) is 17.8. The van der Waals surface area contributed by atoms with Gasteiger partial charge in [0.05, 0.1) is 22.5 Å². The molecule has 2 N–H and O–H groups in total. The molecule has 31 heavy (non-hydrogen) atoms. The summed E-state index contributed by atoms with van der Waals surface area (Å²) in [5, 5.41) is 2.77. The number of aromatic amines is 1. The van der Waals surface area contributed by atoms with Crippen LogP contribution in [-0.4, -0.2) is 42.2 Å². The number of likely N-dealkylation sites (N-methyl/N-ethyl adjacent to an activating group) is 1. The molecule has 0 saturated carbocycles. The summed E-state index contributed by atoms with van der Waals surface area (Å²) < 4.78 is 26.1. The first-order valence-electron chi connectivity index (χ1n) is 9.75. The third-order valence-corrected chi connectivity index (χ3v) is 6.74. The molecule has 7 nitrogen and oxygen atoms in total. The van der Waals surface area contributed by atoms with Crippen LogP contribution >= 0.6 is 0 Å². The summed E-state index contributed by atoms with van der Waals surface area (Å²) in [5.74, 6) is 0.410. The molecular formula is C23H22N4O3S. The second kappa shape index (κ2) is 8.71. The van der Waals surface area contributed by atoms with Gasteiger partial charge in [-0.2, -0.15) is 4.31 Å². The van der Waals surface area contributed by atoms with Crippen LogP contribution in [0.5, 0.6) is 0 Å². The van der Waals surface area contributed by atoms with Crippen molar-refractivity contribution in [3.63, 3.8) is 0 Å². The van der Waals surface area contributed by atoms with Gasteiger partial charge in [0.15, 0.2) is 0 Å². The standard InChI is InChI=1S/C23H22N4O3S/c1-27(31(29,30)19-7-3-2-4-8-19)16-22(28)24-15-17-11-13-18(14-12-17)23-25-20-9-5-6-10-21(20)26-23/h2-14H,15-16H2,1H3,(H,24,28)(H,25,26). The van der Waals surface area contributed by atoms with E-state index in [-0.39, 0.29) is 17.3 Å². The predicted molar refractivity (Wildman–Crippen MR) is 120 cm³/mol. The summed E-state index contributed by atoms with van der Waals surface area (Å²) >= 11 is 0. The highest BCUT2D eigenvalue weighted by Crippen LogP contribution is 2.20. The number of nitrogens with one attached hydrogen (secondary N) is 2. The predicted octanol–water partition coefficient (Wildman–Crippen LogP) is 3.17. The van der Waals surface area contributed by atoms with Crippen LogP contribution in [0.2, 0.25) is 0 Å². The Morgan fingerprint density at radius 1 is 0.968 bits per heavy atom. The Labute approximate surface area is 180 Å². The molecule has 0 atom stereocenters. The Hall–Kier alpha value is -3.49. The van der Waals surface area contributed by atoms with Crippen molar-refractivity contribution in [3.05, 3.63) is 84.4 Å². The largest absolute Gasteiger partial charge is 0.351 e. The number of sulfonamides is 1. The van der Waals surface area contributed by atoms with Crippen molar-refractivity contribution in [1.29, 1.82) is 0 Å². The van der Waals surface area contributed by atoms with Crippen molar-refractivity contribution in [2.45, 2.75) is 11.4 Å². The van der Waals surface area contributed by atoms with Gasteiger partial charge in [0, 0.05) is 19.2 Å². The lowest BCUT2D eigenvalue weighted by molar-refractivity contribution is -0.121. The Balaban J connectivity index is 1.35. The lowest BCUT2D eigenvalue weighted by atomic mass is 10.1. The average molecular weight is 435 g/mol. The van der Waals surface area contributed by atoms with Crippen molar-refractivity contribution >= 4 is 27.0 Å². The number of imidazole rings is 1. The number of nitrogens with zero attached hydrogens (tertiary/aromatic N) is 2. The lowest BCUT2D eigenvalue weighted by Gasteiger charge is -2.17. The molecule has 3 aromatic carbocycles. The number of aromatic nitrogens is 2. The first kappa shape index (κ1) is 20.8. The van der Waals surface area contributed by atoms with Crippen molar-refractivity contribution in [1.82, 2.24) is 19.6 Å². The molecule has 4 rings (SSSR count). The van der Waals surface area contributed by atoms with E-state index in [4.69, 9.17) is 0 Å². The van der Waals surface area contributed by atoms with Crippen molar-refractivity contribution in [3.8, 4) is 11.4 Å². The fourth-order valence-electron chi connectivity index (χ4n) is 3.19. The van der Waals surface area contributed by atoms with E-state index in [1.54, 1.807) is 18.2 Å².